The lowest BCUT2D eigenvalue weighted by atomic mass is 9.82. The highest BCUT2D eigenvalue weighted by atomic mass is 16.1. The molecule has 3 heteroatoms. The molecule has 1 amide bonds. The smallest absolute Gasteiger partial charge is 0.253 e. The molecule has 0 bridgehead atoms. The molecule has 1 aliphatic rings. The Kier molecular flexibility index (Phi) is 2.97. The van der Waals surface area contributed by atoms with Crippen LogP contribution >= 0.6 is 0 Å². The second kappa shape index (κ2) is 4.67. The van der Waals surface area contributed by atoms with E-state index < -0.39 is 0 Å². The van der Waals surface area contributed by atoms with Crippen LogP contribution in [0.3, 0.4) is 0 Å². The van der Waals surface area contributed by atoms with Crippen molar-refractivity contribution in [2.24, 2.45) is 0 Å². The van der Waals surface area contributed by atoms with Crippen LogP contribution in [0.5, 0.6) is 0 Å². The number of benzene rings is 2. The SMILES string of the molecule is Cc1ccc(C2CNC(=O)c3c(N)cccc32)c(C)c1. The molecular formula is C17H18N2O. The summed E-state index contributed by atoms with van der Waals surface area (Å²) in [4.78, 5) is 12.0. The number of amides is 1. The van der Waals surface area contributed by atoms with Crippen LogP contribution in [0.25, 0.3) is 0 Å². The molecule has 1 heterocycles. The second-order valence-electron chi connectivity index (χ2n) is 5.43. The first kappa shape index (κ1) is 12.7. The molecule has 2 aromatic rings. The second-order valence-corrected chi connectivity index (χ2v) is 5.43. The van der Waals surface area contributed by atoms with Gasteiger partial charge in [0.1, 0.15) is 0 Å². The summed E-state index contributed by atoms with van der Waals surface area (Å²) in [6.45, 7) is 4.83. The predicted octanol–water partition coefficient (Wildman–Crippen LogP) is 2.76. The van der Waals surface area contributed by atoms with Crippen molar-refractivity contribution in [1.82, 2.24) is 5.32 Å². The fourth-order valence-electron chi connectivity index (χ4n) is 3.03. The molecule has 2 aromatic carbocycles. The molecule has 0 saturated heterocycles. The third-order valence-electron chi connectivity index (χ3n) is 4.00. The van der Waals surface area contributed by atoms with Crippen LogP contribution in [0, 0.1) is 13.8 Å². The van der Waals surface area contributed by atoms with E-state index in [0.29, 0.717) is 17.8 Å². The quantitative estimate of drug-likeness (QED) is 0.780. The van der Waals surface area contributed by atoms with E-state index in [1.807, 2.05) is 12.1 Å². The Morgan fingerprint density at radius 3 is 2.70 bits per heavy atom. The largest absolute Gasteiger partial charge is 0.398 e. The van der Waals surface area contributed by atoms with Gasteiger partial charge in [0.2, 0.25) is 0 Å². The highest BCUT2D eigenvalue weighted by Gasteiger charge is 2.28. The molecule has 3 N–H and O–H groups in total. The van der Waals surface area contributed by atoms with Crippen molar-refractivity contribution in [1.29, 1.82) is 0 Å². The lowest BCUT2D eigenvalue weighted by molar-refractivity contribution is 0.0943. The Balaban J connectivity index is 2.16. The number of fused-ring (bicyclic) bond motifs is 1. The standard InChI is InChI=1S/C17H18N2O/c1-10-6-7-12(11(2)8-10)14-9-19-17(20)16-13(14)4-3-5-15(16)18/h3-8,14H,9,18H2,1-2H3,(H,19,20). The van der Waals surface area contributed by atoms with Crippen molar-refractivity contribution in [3.8, 4) is 0 Å². The van der Waals surface area contributed by atoms with E-state index in [4.69, 9.17) is 5.73 Å². The monoisotopic (exact) mass is 266 g/mol. The van der Waals surface area contributed by atoms with E-state index >= 15 is 0 Å². The number of aryl methyl sites for hydroxylation is 2. The number of anilines is 1. The molecule has 0 saturated carbocycles. The van der Waals surface area contributed by atoms with Crippen molar-refractivity contribution >= 4 is 11.6 Å². The van der Waals surface area contributed by atoms with Gasteiger partial charge < -0.3 is 11.1 Å². The molecule has 3 rings (SSSR count). The van der Waals surface area contributed by atoms with Crippen molar-refractivity contribution < 1.29 is 4.79 Å². The van der Waals surface area contributed by atoms with Crippen LogP contribution in [-0.4, -0.2) is 12.5 Å². The number of carbonyl (C=O) groups excluding carboxylic acids is 1. The molecule has 0 spiro atoms. The first-order valence-electron chi connectivity index (χ1n) is 6.81. The fourth-order valence-corrected chi connectivity index (χ4v) is 3.03. The number of nitrogens with one attached hydrogen (secondary N) is 1. The minimum atomic E-state index is -0.0703. The topological polar surface area (TPSA) is 55.1 Å². The zero-order chi connectivity index (χ0) is 14.3. The fraction of sp³-hybridized carbons (Fsp3) is 0.235. The molecule has 0 aromatic heterocycles. The number of carbonyl (C=O) groups is 1. The minimum Gasteiger partial charge on any atom is -0.398 e. The van der Waals surface area contributed by atoms with Gasteiger partial charge in [-0.3, -0.25) is 4.79 Å². The predicted molar refractivity (Wildman–Crippen MR) is 80.9 cm³/mol. The maximum Gasteiger partial charge on any atom is 0.253 e. The maximum absolute atomic E-state index is 12.0. The Morgan fingerprint density at radius 1 is 1.15 bits per heavy atom. The first-order chi connectivity index (χ1) is 9.58. The van der Waals surface area contributed by atoms with Crippen molar-refractivity contribution in [2.45, 2.75) is 19.8 Å². The van der Waals surface area contributed by atoms with Gasteiger partial charge in [0, 0.05) is 18.2 Å². The zero-order valence-corrected chi connectivity index (χ0v) is 11.7. The first-order valence-corrected chi connectivity index (χ1v) is 6.81. The van der Waals surface area contributed by atoms with Crippen LogP contribution in [0.15, 0.2) is 36.4 Å². The van der Waals surface area contributed by atoms with Gasteiger partial charge in [0.15, 0.2) is 0 Å². The van der Waals surface area contributed by atoms with E-state index in [9.17, 15) is 4.79 Å². The summed E-state index contributed by atoms with van der Waals surface area (Å²) in [5.74, 6) is 0.103. The van der Waals surface area contributed by atoms with E-state index in [2.05, 4.69) is 37.4 Å². The summed E-state index contributed by atoms with van der Waals surface area (Å²) in [6, 6.07) is 12.2. The Hall–Kier alpha value is -2.29. The lowest BCUT2D eigenvalue weighted by Gasteiger charge is -2.28. The highest BCUT2D eigenvalue weighted by Crippen LogP contribution is 2.34. The lowest BCUT2D eigenvalue weighted by Crippen LogP contribution is -2.36. The Morgan fingerprint density at radius 2 is 1.95 bits per heavy atom. The number of rotatable bonds is 1. The van der Waals surface area contributed by atoms with E-state index in [1.165, 1.54) is 16.7 Å². The highest BCUT2D eigenvalue weighted by molar-refractivity contribution is 6.02. The van der Waals surface area contributed by atoms with Crippen LogP contribution < -0.4 is 11.1 Å². The molecule has 1 atom stereocenters. The van der Waals surface area contributed by atoms with Gasteiger partial charge in [0.05, 0.1) is 5.56 Å². The summed E-state index contributed by atoms with van der Waals surface area (Å²) in [5.41, 5.74) is 11.9. The summed E-state index contributed by atoms with van der Waals surface area (Å²) in [5, 5.41) is 2.95. The third-order valence-corrected chi connectivity index (χ3v) is 4.00. The average Bonchev–Trinajstić information content (AvgIpc) is 2.40. The molecule has 1 unspecified atom stereocenters. The van der Waals surface area contributed by atoms with Crippen molar-refractivity contribution in [3.63, 3.8) is 0 Å². The van der Waals surface area contributed by atoms with Crippen LogP contribution in [0.1, 0.15) is 38.5 Å². The van der Waals surface area contributed by atoms with Gasteiger partial charge in [0.25, 0.3) is 5.91 Å². The minimum absolute atomic E-state index is 0.0703. The van der Waals surface area contributed by atoms with Gasteiger partial charge in [-0.2, -0.15) is 0 Å². The Bertz CT molecular complexity index is 691. The molecule has 0 radical (unpaired) electrons. The molecule has 0 aliphatic carbocycles. The summed E-state index contributed by atoms with van der Waals surface area (Å²) >= 11 is 0. The average molecular weight is 266 g/mol. The number of nitrogens with two attached hydrogens (primary N) is 1. The van der Waals surface area contributed by atoms with Gasteiger partial charge >= 0.3 is 0 Å². The number of nitrogen functional groups attached to an aromatic ring is 1. The number of hydrogen-bond acceptors (Lipinski definition) is 2. The van der Waals surface area contributed by atoms with Crippen molar-refractivity contribution in [3.05, 3.63) is 64.2 Å². The maximum atomic E-state index is 12.0. The number of hydrogen-bond donors (Lipinski definition) is 2. The summed E-state index contributed by atoms with van der Waals surface area (Å²) in [7, 11) is 0. The molecule has 1 aliphatic heterocycles. The van der Waals surface area contributed by atoms with Gasteiger partial charge in [-0.1, -0.05) is 35.9 Å². The van der Waals surface area contributed by atoms with Gasteiger partial charge in [-0.25, -0.2) is 0 Å². The molecule has 20 heavy (non-hydrogen) atoms. The Labute approximate surface area is 118 Å². The van der Waals surface area contributed by atoms with E-state index in [1.54, 1.807) is 6.07 Å². The van der Waals surface area contributed by atoms with Gasteiger partial charge in [-0.15, -0.1) is 0 Å². The zero-order valence-electron chi connectivity index (χ0n) is 11.7. The molecule has 0 fully saturated rings. The molecule has 3 nitrogen and oxygen atoms in total. The third kappa shape index (κ3) is 1.95. The van der Waals surface area contributed by atoms with E-state index in [0.717, 1.165) is 5.56 Å². The summed E-state index contributed by atoms with van der Waals surface area (Å²) in [6.07, 6.45) is 0. The van der Waals surface area contributed by atoms with Crippen molar-refractivity contribution in [2.75, 3.05) is 12.3 Å². The van der Waals surface area contributed by atoms with Crippen LogP contribution in [0.2, 0.25) is 0 Å². The normalized spacial score (nSPS) is 17.5. The molecule has 102 valence electrons. The van der Waals surface area contributed by atoms with Crippen LogP contribution in [0.4, 0.5) is 5.69 Å². The molecular weight excluding hydrogens is 248 g/mol. The van der Waals surface area contributed by atoms with E-state index in [-0.39, 0.29) is 11.8 Å². The summed E-state index contributed by atoms with van der Waals surface area (Å²) < 4.78 is 0. The van der Waals surface area contributed by atoms with Crippen LogP contribution in [-0.2, 0) is 0 Å². The van der Waals surface area contributed by atoms with Gasteiger partial charge in [-0.05, 0) is 36.6 Å².